The molecular formula is C25H31NO3. The largest absolute Gasteiger partial charge is 0.481 e. The van der Waals surface area contributed by atoms with Crippen molar-refractivity contribution < 1.29 is 14.3 Å². The number of hydrogen-bond acceptors (Lipinski definition) is 4. The Balaban J connectivity index is 2.09. The zero-order valence-corrected chi connectivity index (χ0v) is 17.8. The zero-order valence-electron chi connectivity index (χ0n) is 17.8. The first kappa shape index (κ1) is 22.5. The number of nitrogens with one attached hydrogen (secondary N) is 1. The van der Waals surface area contributed by atoms with Crippen molar-refractivity contribution in [2.24, 2.45) is 5.92 Å². The fourth-order valence-electron chi connectivity index (χ4n) is 2.99. The maximum absolute atomic E-state index is 12.4. The van der Waals surface area contributed by atoms with Crippen LogP contribution in [0.2, 0.25) is 0 Å². The highest BCUT2D eigenvalue weighted by Gasteiger charge is 2.29. The number of hydrogen-bond donors (Lipinski definition) is 1. The molecule has 0 heterocycles. The van der Waals surface area contributed by atoms with Crippen LogP contribution in [0.1, 0.15) is 39.7 Å². The molecule has 2 aromatic rings. The third kappa shape index (κ3) is 7.63. The van der Waals surface area contributed by atoms with E-state index in [4.69, 9.17) is 9.47 Å². The molecule has 1 N–H and O–H groups in total. The van der Waals surface area contributed by atoms with Crippen LogP contribution >= 0.6 is 0 Å². The van der Waals surface area contributed by atoms with Crippen molar-refractivity contribution in [1.29, 1.82) is 0 Å². The Labute approximate surface area is 174 Å². The SMILES string of the molecule is CCC#CCOc1cccc(NC(C(C)C)C(OCc2ccccc2)C(C)=O)c1. The summed E-state index contributed by atoms with van der Waals surface area (Å²) in [6, 6.07) is 17.5. The van der Waals surface area contributed by atoms with Crippen molar-refractivity contribution in [2.75, 3.05) is 11.9 Å². The van der Waals surface area contributed by atoms with Crippen LogP contribution in [0, 0.1) is 17.8 Å². The van der Waals surface area contributed by atoms with Crippen LogP contribution in [0.25, 0.3) is 0 Å². The number of Topliss-reactive ketones (excluding diaryl/α,β-unsaturated/α-hetero) is 1. The fourth-order valence-corrected chi connectivity index (χ4v) is 2.99. The summed E-state index contributed by atoms with van der Waals surface area (Å²) in [7, 11) is 0. The number of carbonyl (C=O) groups is 1. The number of anilines is 1. The molecule has 4 nitrogen and oxygen atoms in total. The minimum Gasteiger partial charge on any atom is -0.481 e. The Hall–Kier alpha value is -2.77. The number of ether oxygens (including phenoxy) is 2. The van der Waals surface area contributed by atoms with Crippen molar-refractivity contribution in [3.63, 3.8) is 0 Å². The average molecular weight is 394 g/mol. The van der Waals surface area contributed by atoms with Gasteiger partial charge in [0.05, 0.1) is 12.6 Å². The molecule has 0 aliphatic rings. The van der Waals surface area contributed by atoms with Crippen molar-refractivity contribution in [2.45, 2.75) is 52.9 Å². The highest BCUT2D eigenvalue weighted by molar-refractivity contribution is 5.82. The molecule has 0 spiro atoms. The Morgan fingerprint density at radius 1 is 1.07 bits per heavy atom. The van der Waals surface area contributed by atoms with E-state index in [0.29, 0.717) is 13.2 Å². The van der Waals surface area contributed by atoms with Gasteiger partial charge in [0.15, 0.2) is 5.78 Å². The molecule has 0 saturated carbocycles. The summed E-state index contributed by atoms with van der Waals surface area (Å²) in [4.78, 5) is 12.4. The highest BCUT2D eigenvalue weighted by atomic mass is 16.5. The molecule has 0 radical (unpaired) electrons. The van der Waals surface area contributed by atoms with Gasteiger partial charge >= 0.3 is 0 Å². The van der Waals surface area contributed by atoms with Crippen molar-refractivity contribution >= 4 is 11.5 Å². The van der Waals surface area contributed by atoms with Crippen LogP contribution in [0.4, 0.5) is 5.69 Å². The van der Waals surface area contributed by atoms with Crippen LogP contribution in [-0.2, 0) is 16.1 Å². The van der Waals surface area contributed by atoms with Crippen LogP contribution in [0.3, 0.4) is 0 Å². The van der Waals surface area contributed by atoms with Crippen molar-refractivity contribution in [3.8, 4) is 17.6 Å². The summed E-state index contributed by atoms with van der Waals surface area (Å²) in [5, 5.41) is 3.48. The van der Waals surface area contributed by atoms with E-state index in [2.05, 4.69) is 31.0 Å². The molecular weight excluding hydrogens is 362 g/mol. The summed E-state index contributed by atoms with van der Waals surface area (Å²) >= 11 is 0. The Bertz CT molecular complexity index is 821. The van der Waals surface area contributed by atoms with Gasteiger partial charge in [-0.25, -0.2) is 0 Å². The second kappa shape index (κ2) is 11.9. The first-order valence-corrected chi connectivity index (χ1v) is 10.1. The van der Waals surface area contributed by atoms with Gasteiger partial charge in [-0.05, 0) is 30.5 Å². The third-order valence-corrected chi connectivity index (χ3v) is 4.50. The number of carbonyl (C=O) groups excluding carboxylic acids is 1. The molecule has 0 aliphatic carbocycles. The topological polar surface area (TPSA) is 47.6 Å². The number of rotatable bonds is 10. The van der Waals surface area contributed by atoms with Gasteiger partial charge in [-0.3, -0.25) is 4.79 Å². The summed E-state index contributed by atoms with van der Waals surface area (Å²) in [5.74, 6) is 6.91. The van der Waals surface area contributed by atoms with E-state index in [9.17, 15) is 4.79 Å². The Morgan fingerprint density at radius 3 is 2.48 bits per heavy atom. The van der Waals surface area contributed by atoms with E-state index in [1.165, 1.54) is 0 Å². The van der Waals surface area contributed by atoms with Gasteiger partial charge in [0.1, 0.15) is 18.5 Å². The second-order valence-corrected chi connectivity index (χ2v) is 7.27. The predicted octanol–water partition coefficient (Wildman–Crippen LogP) is 5.09. The highest BCUT2D eigenvalue weighted by Crippen LogP contribution is 2.23. The smallest absolute Gasteiger partial charge is 0.160 e. The van der Waals surface area contributed by atoms with Crippen LogP contribution in [0.5, 0.6) is 5.75 Å². The molecule has 0 fully saturated rings. The van der Waals surface area contributed by atoms with E-state index < -0.39 is 6.10 Å². The van der Waals surface area contributed by atoms with Crippen LogP contribution < -0.4 is 10.1 Å². The second-order valence-electron chi connectivity index (χ2n) is 7.27. The minimum absolute atomic E-state index is 0.00868. The summed E-state index contributed by atoms with van der Waals surface area (Å²) < 4.78 is 11.7. The lowest BCUT2D eigenvalue weighted by Gasteiger charge is -2.30. The Kier molecular flexibility index (Phi) is 9.27. The monoisotopic (exact) mass is 393 g/mol. The van der Waals surface area contributed by atoms with Gasteiger partial charge < -0.3 is 14.8 Å². The summed E-state index contributed by atoms with van der Waals surface area (Å²) in [6.07, 6.45) is 0.270. The van der Waals surface area contributed by atoms with Gasteiger partial charge in [-0.15, -0.1) is 5.92 Å². The molecule has 2 unspecified atom stereocenters. The lowest BCUT2D eigenvalue weighted by Crippen LogP contribution is -2.44. The van der Waals surface area contributed by atoms with Crippen LogP contribution in [0.15, 0.2) is 54.6 Å². The van der Waals surface area contributed by atoms with E-state index in [0.717, 1.165) is 23.4 Å². The lowest BCUT2D eigenvalue weighted by atomic mass is 9.95. The normalized spacial score (nSPS) is 12.6. The minimum atomic E-state index is -0.546. The van der Waals surface area contributed by atoms with Crippen molar-refractivity contribution in [3.05, 3.63) is 60.2 Å². The maximum Gasteiger partial charge on any atom is 0.160 e. The van der Waals surface area contributed by atoms with E-state index in [1.54, 1.807) is 6.92 Å². The molecule has 0 bridgehead atoms. The average Bonchev–Trinajstić information content (AvgIpc) is 2.71. The quantitative estimate of drug-likeness (QED) is 0.571. The van der Waals surface area contributed by atoms with E-state index in [1.807, 2.05) is 61.5 Å². The maximum atomic E-state index is 12.4. The van der Waals surface area contributed by atoms with Gasteiger partial charge in [-0.1, -0.05) is 63.1 Å². The van der Waals surface area contributed by atoms with Gasteiger partial charge in [-0.2, -0.15) is 0 Å². The molecule has 154 valence electrons. The molecule has 4 heteroatoms. The third-order valence-electron chi connectivity index (χ3n) is 4.50. The van der Waals surface area contributed by atoms with Crippen LogP contribution in [-0.4, -0.2) is 24.5 Å². The summed E-state index contributed by atoms with van der Waals surface area (Å²) in [5.41, 5.74) is 1.93. The molecule has 0 aromatic heterocycles. The zero-order chi connectivity index (χ0) is 21.1. The molecule has 2 aromatic carbocycles. The standard InChI is InChI=1S/C25H31NO3/c1-5-6-10-16-28-23-15-11-14-22(17-23)26-24(19(2)3)25(20(4)27)29-18-21-12-8-7-9-13-21/h7-9,11-15,17,19,24-26H,5,16,18H2,1-4H3. The number of benzene rings is 2. The molecule has 0 saturated heterocycles. The van der Waals surface area contributed by atoms with Gasteiger partial charge in [0.2, 0.25) is 0 Å². The summed E-state index contributed by atoms with van der Waals surface area (Å²) in [6.45, 7) is 8.52. The number of ketones is 1. The fraction of sp³-hybridized carbons (Fsp3) is 0.400. The molecule has 0 amide bonds. The van der Waals surface area contributed by atoms with Crippen molar-refractivity contribution in [1.82, 2.24) is 0 Å². The predicted molar refractivity (Wildman–Crippen MR) is 118 cm³/mol. The van der Waals surface area contributed by atoms with E-state index in [-0.39, 0.29) is 17.7 Å². The first-order chi connectivity index (χ1) is 14.0. The van der Waals surface area contributed by atoms with Gasteiger partial charge in [0, 0.05) is 18.2 Å². The molecule has 0 aliphatic heterocycles. The lowest BCUT2D eigenvalue weighted by molar-refractivity contribution is -0.130. The molecule has 29 heavy (non-hydrogen) atoms. The molecule has 2 atom stereocenters. The van der Waals surface area contributed by atoms with E-state index >= 15 is 0 Å². The molecule has 2 rings (SSSR count). The van der Waals surface area contributed by atoms with Gasteiger partial charge in [0.25, 0.3) is 0 Å². The Morgan fingerprint density at radius 2 is 1.83 bits per heavy atom. The first-order valence-electron chi connectivity index (χ1n) is 10.1.